The Morgan fingerprint density at radius 3 is 2.54 bits per heavy atom. The van der Waals surface area contributed by atoms with Gasteiger partial charge in [-0.15, -0.1) is 0 Å². The zero-order valence-corrected chi connectivity index (χ0v) is 20.9. The summed E-state index contributed by atoms with van der Waals surface area (Å²) in [6.45, 7) is 10.4. The molecular formula is C28H31N5O2. The Morgan fingerprint density at radius 2 is 1.86 bits per heavy atom. The number of aromatic nitrogens is 2. The fourth-order valence-corrected chi connectivity index (χ4v) is 5.67. The number of rotatable bonds is 3. The lowest BCUT2D eigenvalue weighted by Crippen LogP contribution is -2.51. The van der Waals surface area contributed by atoms with Gasteiger partial charge < -0.3 is 9.64 Å². The highest BCUT2D eigenvalue weighted by atomic mass is 16.5. The zero-order chi connectivity index (χ0) is 24.5. The Morgan fingerprint density at radius 1 is 1.09 bits per heavy atom. The predicted molar refractivity (Wildman–Crippen MR) is 136 cm³/mol. The van der Waals surface area contributed by atoms with Crippen LogP contribution in [-0.4, -0.2) is 51.1 Å². The first-order valence-corrected chi connectivity index (χ1v) is 12.1. The van der Waals surface area contributed by atoms with E-state index in [1.165, 1.54) is 11.1 Å². The number of Topliss-reactive ketones (excluding diaryl/α,β-unsaturated/α-hetero) is 1. The lowest BCUT2D eigenvalue weighted by atomic mass is 9.82. The number of carbonyl (C=O) groups is 1. The van der Waals surface area contributed by atoms with Crippen LogP contribution in [0.15, 0.2) is 60.2 Å². The van der Waals surface area contributed by atoms with E-state index in [9.17, 15) is 4.79 Å². The number of aryl methyl sites for hydroxylation is 2. The summed E-state index contributed by atoms with van der Waals surface area (Å²) in [4.78, 5) is 14.1. The summed E-state index contributed by atoms with van der Waals surface area (Å²) in [5.41, 5.74) is 7.16. The Hall–Kier alpha value is -3.42. The topological polar surface area (TPSA) is 53.8 Å². The molecule has 3 aliphatic rings. The van der Waals surface area contributed by atoms with E-state index >= 15 is 0 Å². The minimum Gasteiger partial charge on any atom is -0.483 e. The predicted octanol–water partition coefficient (Wildman–Crippen LogP) is 4.70. The zero-order valence-electron chi connectivity index (χ0n) is 20.9. The Kier molecular flexibility index (Phi) is 4.92. The molecule has 7 nitrogen and oxygen atoms in total. The molecule has 2 aromatic carbocycles. The second-order valence-electron chi connectivity index (χ2n) is 10.3. The summed E-state index contributed by atoms with van der Waals surface area (Å²) in [6.07, 6.45) is 2.34. The first-order chi connectivity index (χ1) is 16.7. The number of ketones is 1. The number of benzene rings is 2. The molecule has 1 atom stereocenters. The molecule has 35 heavy (non-hydrogen) atoms. The van der Waals surface area contributed by atoms with Crippen LogP contribution < -0.4 is 9.64 Å². The summed E-state index contributed by atoms with van der Waals surface area (Å²) < 4.78 is 8.53. The van der Waals surface area contributed by atoms with Crippen LogP contribution in [-0.2, 0) is 7.05 Å². The van der Waals surface area contributed by atoms with Crippen LogP contribution in [0.5, 0.6) is 5.75 Å². The van der Waals surface area contributed by atoms with E-state index in [2.05, 4.69) is 76.3 Å². The average Bonchev–Trinajstić information content (AvgIpc) is 3.40. The minimum atomic E-state index is -0.401. The molecule has 0 amide bonds. The van der Waals surface area contributed by atoms with Crippen molar-refractivity contribution in [1.82, 2.24) is 19.8 Å². The van der Waals surface area contributed by atoms with Crippen molar-refractivity contribution in [2.75, 3.05) is 24.8 Å². The van der Waals surface area contributed by atoms with Gasteiger partial charge in [0.15, 0.2) is 5.78 Å². The molecule has 0 bridgehead atoms. The Bertz CT molecular complexity index is 1350. The smallest absolute Gasteiger partial charge is 0.159 e. The molecule has 3 aliphatic heterocycles. The van der Waals surface area contributed by atoms with Crippen molar-refractivity contribution in [3.8, 4) is 17.0 Å². The maximum Gasteiger partial charge on any atom is 0.159 e. The number of ether oxygens (including phenoxy) is 1. The number of carbonyl (C=O) groups excluding carboxylic acids is 1. The van der Waals surface area contributed by atoms with Gasteiger partial charge in [-0.1, -0.05) is 18.2 Å². The number of hydrogen-bond donors (Lipinski definition) is 0. The van der Waals surface area contributed by atoms with Crippen molar-refractivity contribution >= 4 is 11.5 Å². The Labute approximate surface area is 206 Å². The average molecular weight is 470 g/mol. The van der Waals surface area contributed by atoms with Crippen LogP contribution in [0.2, 0.25) is 0 Å². The van der Waals surface area contributed by atoms with E-state index in [0.717, 1.165) is 53.8 Å². The number of nitrogens with zero attached hydrogens (tertiary/aromatic N) is 5. The van der Waals surface area contributed by atoms with Crippen molar-refractivity contribution in [1.29, 1.82) is 0 Å². The molecule has 1 aromatic heterocycles. The molecule has 0 N–H and O–H groups in total. The maximum absolute atomic E-state index is 11.7. The van der Waals surface area contributed by atoms with Gasteiger partial charge in [0.2, 0.25) is 0 Å². The van der Waals surface area contributed by atoms with E-state index in [1.807, 2.05) is 30.8 Å². The van der Waals surface area contributed by atoms with Crippen LogP contribution >= 0.6 is 0 Å². The lowest BCUT2D eigenvalue weighted by molar-refractivity contribution is -0.0296. The first kappa shape index (κ1) is 22.1. The summed E-state index contributed by atoms with van der Waals surface area (Å²) in [5, 5.41) is 9.38. The highest BCUT2D eigenvalue weighted by molar-refractivity contribution is 5.94. The van der Waals surface area contributed by atoms with Crippen molar-refractivity contribution in [3.05, 3.63) is 77.0 Å². The summed E-state index contributed by atoms with van der Waals surface area (Å²) >= 11 is 0. The molecule has 0 aliphatic carbocycles. The van der Waals surface area contributed by atoms with Crippen molar-refractivity contribution < 1.29 is 9.53 Å². The van der Waals surface area contributed by atoms with Gasteiger partial charge in [-0.05, 0) is 69.7 Å². The van der Waals surface area contributed by atoms with Crippen molar-refractivity contribution in [3.63, 3.8) is 0 Å². The van der Waals surface area contributed by atoms with Gasteiger partial charge in [-0.3, -0.25) is 9.48 Å². The van der Waals surface area contributed by atoms with E-state index in [0.29, 0.717) is 0 Å². The molecule has 3 aromatic rings. The van der Waals surface area contributed by atoms with E-state index in [-0.39, 0.29) is 11.8 Å². The van der Waals surface area contributed by atoms with Crippen LogP contribution in [0, 0.1) is 6.92 Å². The van der Waals surface area contributed by atoms with Crippen LogP contribution in [0.25, 0.3) is 11.3 Å². The molecular weight excluding hydrogens is 438 g/mol. The molecule has 0 spiro atoms. The van der Waals surface area contributed by atoms with E-state index in [4.69, 9.17) is 4.74 Å². The monoisotopic (exact) mass is 469 g/mol. The largest absolute Gasteiger partial charge is 0.483 e. The fraction of sp³-hybridized carbons (Fsp3) is 0.357. The quantitative estimate of drug-likeness (QED) is 0.409. The number of hydrazine groups is 1. The van der Waals surface area contributed by atoms with Crippen LogP contribution in [0.4, 0.5) is 5.69 Å². The number of hydrogen-bond acceptors (Lipinski definition) is 6. The standard InChI is InChI=1S/C28H31N5O2/c1-18-14-25(30(5)29-18)21-8-11-23-26(15-21)35-28(3,4)24-12-13-32-16-31(17-33(32)27(23)24)22-9-6-20(7-10-22)19(2)34/h6-12,14-15,27H,13,16-17H2,1-5H3. The molecule has 180 valence electrons. The fourth-order valence-electron chi connectivity index (χ4n) is 5.67. The van der Waals surface area contributed by atoms with Gasteiger partial charge in [0.05, 0.1) is 30.8 Å². The molecule has 4 heterocycles. The van der Waals surface area contributed by atoms with Crippen molar-refractivity contribution in [2.24, 2.45) is 7.05 Å². The Balaban J connectivity index is 1.36. The number of anilines is 1. The van der Waals surface area contributed by atoms with Gasteiger partial charge in [-0.25, -0.2) is 10.0 Å². The molecule has 1 saturated heterocycles. The molecule has 1 fully saturated rings. The third-order valence-electron chi connectivity index (χ3n) is 7.43. The second kappa shape index (κ2) is 7.80. The van der Waals surface area contributed by atoms with Gasteiger partial charge in [0, 0.05) is 36.0 Å². The summed E-state index contributed by atoms with van der Waals surface area (Å²) in [5.74, 6) is 1.02. The molecule has 0 saturated carbocycles. The minimum absolute atomic E-state index is 0.0923. The lowest BCUT2D eigenvalue weighted by Gasteiger charge is -2.48. The number of fused-ring (bicyclic) bond motifs is 5. The molecule has 0 radical (unpaired) electrons. The highest BCUT2D eigenvalue weighted by Crippen LogP contribution is 2.50. The van der Waals surface area contributed by atoms with Crippen LogP contribution in [0.1, 0.15) is 48.4 Å². The molecule has 6 rings (SSSR count). The van der Waals surface area contributed by atoms with Gasteiger partial charge in [-0.2, -0.15) is 5.10 Å². The third-order valence-corrected chi connectivity index (χ3v) is 7.43. The maximum atomic E-state index is 11.7. The SMILES string of the molecule is CC(=O)c1ccc(N2CN3CC=C4C(c5ccc(-c6cc(C)nn6C)cc5OC4(C)C)N3C2)cc1. The van der Waals surface area contributed by atoms with Crippen LogP contribution in [0.3, 0.4) is 0 Å². The van der Waals surface area contributed by atoms with Crippen molar-refractivity contribution in [2.45, 2.75) is 39.3 Å². The molecule has 7 heteroatoms. The van der Waals surface area contributed by atoms with E-state index < -0.39 is 5.60 Å². The summed E-state index contributed by atoms with van der Waals surface area (Å²) in [7, 11) is 1.98. The van der Waals surface area contributed by atoms with Gasteiger partial charge in [0.1, 0.15) is 11.4 Å². The van der Waals surface area contributed by atoms with Gasteiger partial charge >= 0.3 is 0 Å². The highest BCUT2D eigenvalue weighted by Gasteiger charge is 2.47. The normalized spacial score (nSPS) is 21.1. The summed E-state index contributed by atoms with van der Waals surface area (Å²) in [6, 6.07) is 16.7. The van der Waals surface area contributed by atoms with Gasteiger partial charge in [0.25, 0.3) is 0 Å². The van der Waals surface area contributed by atoms with E-state index in [1.54, 1.807) is 6.92 Å². The third kappa shape index (κ3) is 3.58. The second-order valence-corrected chi connectivity index (χ2v) is 10.3. The molecule has 1 unspecified atom stereocenters. The first-order valence-electron chi connectivity index (χ1n) is 12.1.